The van der Waals surface area contributed by atoms with E-state index >= 15 is 0 Å². The molecule has 0 atom stereocenters. The summed E-state index contributed by atoms with van der Waals surface area (Å²) in [4.78, 5) is 0. The topological polar surface area (TPSA) is 33.0 Å². The third-order valence-corrected chi connectivity index (χ3v) is 2.19. The van der Waals surface area contributed by atoms with E-state index in [1.165, 1.54) is 0 Å². The number of rotatable bonds is 2. The number of hydrogen-bond donors (Lipinski definition) is 0. The van der Waals surface area contributed by atoms with Gasteiger partial charge >= 0.3 is 0 Å². The fourth-order valence-electron chi connectivity index (χ4n) is 1.20. The SMILES string of the molecule is CCc1c(Cl)cc(C#N)cc1OC. The van der Waals surface area contributed by atoms with Gasteiger partial charge in [0.2, 0.25) is 0 Å². The highest BCUT2D eigenvalue weighted by atomic mass is 35.5. The lowest BCUT2D eigenvalue weighted by molar-refractivity contribution is 0.410. The minimum absolute atomic E-state index is 0.527. The minimum Gasteiger partial charge on any atom is -0.496 e. The summed E-state index contributed by atoms with van der Waals surface area (Å²) in [5, 5.41) is 9.28. The van der Waals surface area contributed by atoms with Crippen molar-refractivity contribution in [2.24, 2.45) is 0 Å². The summed E-state index contributed by atoms with van der Waals surface area (Å²) in [6, 6.07) is 5.38. The molecule has 0 bridgehead atoms. The molecular formula is C10H10ClNO. The zero-order chi connectivity index (χ0) is 9.84. The smallest absolute Gasteiger partial charge is 0.124 e. The molecule has 0 aromatic heterocycles. The summed E-state index contributed by atoms with van der Waals surface area (Å²) in [7, 11) is 1.58. The predicted octanol–water partition coefficient (Wildman–Crippen LogP) is 2.78. The Morgan fingerprint density at radius 3 is 2.69 bits per heavy atom. The van der Waals surface area contributed by atoms with Gasteiger partial charge in [0.05, 0.1) is 18.7 Å². The Balaban J connectivity index is 3.31. The van der Waals surface area contributed by atoms with Crippen LogP contribution in [-0.2, 0) is 6.42 Å². The maximum atomic E-state index is 8.68. The molecule has 0 spiro atoms. The van der Waals surface area contributed by atoms with Crippen molar-refractivity contribution in [3.63, 3.8) is 0 Å². The molecule has 0 aliphatic carbocycles. The van der Waals surface area contributed by atoms with Crippen molar-refractivity contribution in [1.29, 1.82) is 5.26 Å². The second-order valence-corrected chi connectivity index (χ2v) is 3.01. The Hall–Kier alpha value is -1.20. The fraction of sp³-hybridized carbons (Fsp3) is 0.300. The third kappa shape index (κ3) is 1.93. The van der Waals surface area contributed by atoms with Gasteiger partial charge in [-0.25, -0.2) is 0 Å². The highest BCUT2D eigenvalue weighted by Gasteiger charge is 2.07. The number of nitrogens with zero attached hydrogens (tertiary/aromatic N) is 1. The third-order valence-electron chi connectivity index (χ3n) is 1.86. The van der Waals surface area contributed by atoms with E-state index in [0.29, 0.717) is 16.3 Å². The highest BCUT2D eigenvalue weighted by molar-refractivity contribution is 6.31. The summed E-state index contributed by atoms with van der Waals surface area (Å²) < 4.78 is 5.12. The van der Waals surface area contributed by atoms with Crippen molar-refractivity contribution < 1.29 is 4.74 Å². The van der Waals surface area contributed by atoms with Gasteiger partial charge in [-0.05, 0) is 18.6 Å². The van der Waals surface area contributed by atoms with Crippen LogP contribution in [0.3, 0.4) is 0 Å². The van der Waals surface area contributed by atoms with Crippen LogP contribution < -0.4 is 4.74 Å². The maximum Gasteiger partial charge on any atom is 0.124 e. The Bertz CT molecular complexity index is 355. The van der Waals surface area contributed by atoms with E-state index in [9.17, 15) is 0 Å². The van der Waals surface area contributed by atoms with Crippen molar-refractivity contribution in [3.8, 4) is 11.8 Å². The van der Waals surface area contributed by atoms with Crippen LogP contribution in [0, 0.1) is 11.3 Å². The first kappa shape index (κ1) is 9.88. The molecule has 68 valence electrons. The molecule has 0 unspecified atom stereocenters. The Labute approximate surface area is 82.7 Å². The molecule has 0 amide bonds. The second-order valence-electron chi connectivity index (χ2n) is 2.60. The van der Waals surface area contributed by atoms with Crippen LogP contribution in [-0.4, -0.2) is 7.11 Å². The number of hydrogen-bond acceptors (Lipinski definition) is 2. The van der Waals surface area contributed by atoms with E-state index in [1.54, 1.807) is 19.2 Å². The summed E-state index contributed by atoms with van der Waals surface area (Å²) in [6.45, 7) is 2.00. The molecule has 1 aromatic rings. The van der Waals surface area contributed by atoms with E-state index in [-0.39, 0.29) is 0 Å². The van der Waals surface area contributed by atoms with E-state index < -0.39 is 0 Å². The predicted molar refractivity (Wildman–Crippen MR) is 52.1 cm³/mol. The van der Waals surface area contributed by atoms with E-state index in [0.717, 1.165) is 12.0 Å². The molecule has 0 fully saturated rings. The van der Waals surface area contributed by atoms with Gasteiger partial charge in [0.1, 0.15) is 5.75 Å². The van der Waals surface area contributed by atoms with Gasteiger partial charge < -0.3 is 4.74 Å². The van der Waals surface area contributed by atoms with Gasteiger partial charge in [-0.15, -0.1) is 0 Å². The molecule has 3 heteroatoms. The molecular weight excluding hydrogens is 186 g/mol. The van der Waals surface area contributed by atoms with Crippen LogP contribution >= 0.6 is 11.6 Å². The standard InChI is InChI=1S/C10H10ClNO/c1-3-8-9(11)4-7(6-12)5-10(8)13-2/h4-5H,3H2,1-2H3. The van der Waals surface area contributed by atoms with Crippen LogP contribution in [0.15, 0.2) is 12.1 Å². The molecule has 0 aliphatic rings. The average molecular weight is 196 g/mol. The zero-order valence-electron chi connectivity index (χ0n) is 7.60. The molecule has 1 aromatic carbocycles. The summed E-state index contributed by atoms with van der Waals surface area (Å²) in [6.07, 6.45) is 0.799. The van der Waals surface area contributed by atoms with Crippen molar-refractivity contribution in [3.05, 3.63) is 28.3 Å². The molecule has 2 nitrogen and oxygen atoms in total. The largest absolute Gasteiger partial charge is 0.496 e. The first-order chi connectivity index (χ1) is 6.22. The lowest BCUT2D eigenvalue weighted by Gasteiger charge is -2.08. The van der Waals surface area contributed by atoms with Crippen LogP contribution in [0.25, 0.3) is 0 Å². The van der Waals surface area contributed by atoms with Crippen LogP contribution in [0.5, 0.6) is 5.75 Å². The highest BCUT2D eigenvalue weighted by Crippen LogP contribution is 2.28. The van der Waals surface area contributed by atoms with Crippen molar-refractivity contribution in [1.82, 2.24) is 0 Å². The molecule has 0 N–H and O–H groups in total. The summed E-state index contributed by atoms with van der Waals surface area (Å²) in [5.41, 5.74) is 1.47. The molecule has 1 rings (SSSR count). The number of benzene rings is 1. The van der Waals surface area contributed by atoms with Crippen LogP contribution in [0.4, 0.5) is 0 Å². The number of nitriles is 1. The van der Waals surface area contributed by atoms with Gasteiger partial charge in [0.15, 0.2) is 0 Å². The van der Waals surface area contributed by atoms with Crippen LogP contribution in [0.1, 0.15) is 18.1 Å². The van der Waals surface area contributed by atoms with E-state index in [2.05, 4.69) is 0 Å². The number of halogens is 1. The lowest BCUT2D eigenvalue weighted by atomic mass is 10.1. The Kier molecular flexibility index (Phi) is 3.16. The van der Waals surface area contributed by atoms with Gasteiger partial charge in [0.25, 0.3) is 0 Å². The number of ether oxygens (including phenoxy) is 1. The normalized spacial score (nSPS) is 9.38. The van der Waals surface area contributed by atoms with Gasteiger partial charge in [-0.1, -0.05) is 18.5 Å². The molecule has 0 saturated heterocycles. The summed E-state index contributed by atoms with van der Waals surface area (Å²) >= 11 is 5.96. The Morgan fingerprint density at radius 2 is 2.23 bits per heavy atom. The molecule has 0 radical (unpaired) electrons. The van der Waals surface area contributed by atoms with Crippen LogP contribution in [0.2, 0.25) is 5.02 Å². The fourth-order valence-corrected chi connectivity index (χ4v) is 1.55. The first-order valence-electron chi connectivity index (χ1n) is 3.99. The first-order valence-corrected chi connectivity index (χ1v) is 4.37. The second kappa shape index (κ2) is 4.15. The Morgan fingerprint density at radius 1 is 1.54 bits per heavy atom. The number of methoxy groups -OCH3 is 1. The molecule has 0 aliphatic heterocycles. The van der Waals surface area contributed by atoms with Crippen molar-refractivity contribution >= 4 is 11.6 Å². The van der Waals surface area contributed by atoms with E-state index in [4.69, 9.17) is 21.6 Å². The molecule has 0 heterocycles. The monoisotopic (exact) mass is 195 g/mol. The van der Waals surface area contributed by atoms with E-state index in [1.807, 2.05) is 13.0 Å². The quantitative estimate of drug-likeness (QED) is 0.727. The summed E-state index contributed by atoms with van der Waals surface area (Å²) in [5.74, 6) is 0.687. The maximum absolute atomic E-state index is 8.68. The lowest BCUT2D eigenvalue weighted by Crippen LogP contribution is -1.92. The zero-order valence-corrected chi connectivity index (χ0v) is 8.35. The van der Waals surface area contributed by atoms with Crippen molar-refractivity contribution in [2.45, 2.75) is 13.3 Å². The minimum atomic E-state index is 0.527. The van der Waals surface area contributed by atoms with Gasteiger partial charge in [-0.3, -0.25) is 0 Å². The van der Waals surface area contributed by atoms with Crippen molar-refractivity contribution in [2.75, 3.05) is 7.11 Å². The van der Waals surface area contributed by atoms with Gasteiger partial charge in [-0.2, -0.15) is 5.26 Å². The van der Waals surface area contributed by atoms with Gasteiger partial charge in [0, 0.05) is 10.6 Å². The average Bonchev–Trinajstić information content (AvgIpc) is 2.16. The molecule has 13 heavy (non-hydrogen) atoms. The molecule has 0 saturated carbocycles.